The maximum atomic E-state index is 6.29. The Kier molecular flexibility index (Phi) is 4.95. The number of anilines is 2. The van der Waals surface area contributed by atoms with Crippen molar-refractivity contribution in [2.24, 2.45) is 0 Å². The van der Waals surface area contributed by atoms with Crippen molar-refractivity contribution in [2.45, 2.75) is 38.8 Å². The molecule has 0 unspecified atom stereocenters. The average molecular weight is 404 g/mol. The van der Waals surface area contributed by atoms with E-state index < -0.39 is 0 Å². The number of ether oxygens (including phenoxy) is 1. The monoisotopic (exact) mass is 403 g/mol. The van der Waals surface area contributed by atoms with Crippen LogP contribution in [-0.2, 0) is 13.0 Å². The van der Waals surface area contributed by atoms with Crippen molar-refractivity contribution in [1.82, 2.24) is 14.9 Å². The Morgan fingerprint density at radius 3 is 2.87 bits per heavy atom. The Morgan fingerprint density at radius 1 is 1.17 bits per heavy atom. The third-order valence-corrected chi connectivity index (χ3v) is 6.48. The van der Waals surface area contributed by atoms with Crippen LogP contribution in [0.15, 0.2) is 36.4 Å². The van der Waals surface area contributed by atoms with Gasteiger partial charge in [-0.3, -0.25) is 0 Å². The summed E-state index contributed by atoms with van der Waals surface area (Å²) in [5.41, 5.74) is 10.9. The molecule has 6 heteroatoms. The van der Waals surface area contributed by atoms with Crippen LogP contribution in [0.1, 0.15) is 29.7 Å². The van der Waals surface area contributed by atoms with Crippen LogP contribution in [-0.4, -0.2) is 47.7 Å². The van der Waals surface area contributed by atoms with Crippen LogP contribution in [0.4, 0.5) is 11.5 Å². The van der Waals surface area contributed by atoms with Gasteiger partial charge in [-0.05, 0) is 56.8 Å². The fourth-order valence-corrected chi connectivity index (χ4v) is 4.76. The molecule has 2 aliphatic heterocycles. The van der Waals surface area contributed by atoms with Crippen molar-refractivity contribution < 1.29 is 4.74 Å². The van der Waals surface area contributed by atoms with E-state index in [0.29, 0.717) is 24.5 Å². The molecule has 2 aliphatic rings. The van der Waals surface area contributed by atoms with Gasteiger partial charge in [0.1, 0.15) is 12.4 Å². The zero-order chi connectivity index (χ0) is 20.7. The van der Waals surface area contributed by atoms with Crippen molar-refractivity contribution in [3.05, 3.63) is 53.2 Å². The lowest BCUT2D eigenvalue weighted by atomic mass is 10.0. The second-order valence-corrected chi connectivity index (χ2v) is 8.58. The lowest BCUT2D eigenvalue weighted by Gasteiger charge is -2.31. The number of hydrogen-bond donors (Lipinski definition) is 1. The molecule has 5 rings (SSSR count). The molecule has 0 amide bonds. The summed E-state index contributed by atoms with van der Waals surface area (Å²) in [6, 6.07) is 13.9. The van der Waals surface area contributed by atoms with E-state index in [2.05, 4.69) is 65.2 Å². The fourth-order valence-electron chi connectivity index (χ4n) is 4.76. The zero-order valence-corrected chi connectivity index (χ0v) is 17.8. The standard InChI is InChI=1S/C24H29N5O/c1-16-12-17-6-3-4-8-19(17)22(13-16)29-11-9-20-21(14-29)26-24(27-23(20)25)30-15-18-7-5-10-28(18)2/h3-4,6,8,12-13,18H,5,7,9-11,14-15H2,1-2H3,(H2,25,26,27)/t18-/m0/s1. The Bertz CT molecular complexity index is 1080. The van der Waals surface area contributed by atoms with Crippen molar-refractivity contribution in [3.63, 3.8) is 0 Å². The van der Waals surface area contributed by atoms with Gasteiger partial charge in [-0.25, -0.2) is 0 Å². The summed E-state index contributed by atoms with van der Waals surface area (Å²) >= 11 is 0. The number of nitrogens with two attached hydrogens (primary N) is 1. The summed E-state index contributed by atoms with van der Waals surface area (Å²) in [6.45, 7) is 5.51. The second-order valence-electron chi connectivity index (χ2n) is 8.58. The highest BCUT2D eigenvalue weighted by Crippen LogP contribution is 2.33. The van der Waals surface area contributed by atoms with Crippen molar-refractivity contribution in [2.75, 3.05) is 37.4 Å². The van der Waals surface area contributed by atoms with Crippen LogP contribution < -0.4 is 15.4 Å². The minimum absolute atomic E-state index is 0.405. The smallest absolute Gasteiger partial charge is 0.318 e. The highest BCUT2D eigenvalue weighted by atomic mass is 16.5. The van der Waals surface area contributed by atoms with E-state index in [4.69, 9.17) is 15.5 Å². The number of aromatic nitrogens is 2. The topological polar surface area (TPSA) is 67.5 Å². The van der Waals surface area contributed by atoms with Gasteiger partial charge >= 0.3 is 6.01 Å². The van der Waals surface area contributed by atoms with Gasteiger partial charge in [0.05, 0.1) is 12.2 Å². The summed E-state index contributed by atoms with van der Waals surface area (Å²) in [6.07, 6.45) is 3.22. The molecule has 1 aromatic heterocycles. The Hall–Kier alpha value is -2.86. The molecule has 3 heterocycles. The van der Waals surface area contributed by atoms with Crippen LogP contribution in [0.5, 0.6) is 6.01 Å². The molecule has 0 radical (unpaired) electrons. The van der Waals surface area contributed by atoms with E-state index in [1.807, 2.05) is 0 Å². The molecule has 1 fully saturated rings. The minimum Gasteiger partial charge on any atom is -0.462 e. The van der Waals surface area contributed by atoms with Crippen LogP contribution in [0.25, 0.3) is 10.8 Å². The first-order valence-corrected chi connectivity index (χ1v) is 10.8. The van der Waals surface area contributed by atoms with Crippen LogP contribution in [0.3, 0.4) is 0 Å². The third-order valence-electron chi connectivity index (χ3n) is 6.48. The maximum Gasteiger partial charge on any atom is 0.318 e. The van der Waals surface area contributed by atoms with E-state index in [1.54, 1.807) is 0 Å². The lowest BCUT2D eigenvalue weighted by molar-refractivity contribution is 0.187. The first-order valence-electron chi connectivity index (χ1n) is 10.8. The molecule has 156 valence electrons. The number of likely N-dealkylation sites (N-methyl/N-ethyl adjacent to an activating group) is 1. The molecule has 0 spiro atoms. The SMILES string of the molecule is Cc1cc(N2CCc3c(N)nc(OC[C@@H]4CCCN4C)nc3C2)c2ccccc2c1. The van der Waals surface area contributed by atoms with Gasteiger partial charge < -0.3 is 20.3 Å². The van der Waals surface area contributed by atoms with Crippen molar-refractivity contribution in [3.8, 4) is 6.01 Å². The van der Waals surface area contributed by atoms with Gasteiger partial charge in [-0.2, -0.15) is 9.97 Å². The molecular weight excluding hydrogens is 374 g/mol. The van der Waals surface area contributed by atoms with Crippen molar-refractivity contribution >= 4 is 22.3 Å². The molecule has 0 saturated carbocycles. The average Bonchev–Trinajstić information content (AvgIpc) is 3.16. The van der Waals surface area contributed by atoms with Gasteiger partial charge in [0.25, 0.3) is 0 Å². The zero-order valence-electron chi connectivity index (χ0n) is 17.8. The van der Waals surface area contributed by atoms with Crippen molar-refractivity contribution in [1.29, 1.82) is 0 Å². The van der Waals surface area contributed by atoms with E-state index >= 15 is 0 Å². The summed E-state index contributed by atoms with van der Waals surface area (Å²) < 4.78 is 5.98. The predicted molar refractivity (Wildman–Crippen MR) is 121 cm³/mol. The van der Waals surface area contributed by atoms with Gasteiger partial charge in [0.2, 0.25) is 0 Å². The summed E-state index contributed by atoms with van der Waals surface area (Å²) in [4.78, 5) is 13.9. The maximum absolute atomic E-state index is 6.29. The number of aryl methyl sites for hydroxylation is 1. The predicted octanol–water partition coefficient (Wildman–Crippen LogP) is 3.56. The molecule has 0 bridgehead atoms. The molecule has 3 aromatic rings. The number of fused-ring (bicyclic) bond motifs is 2. The molecular formula is C24H29N5O. The molecule has 1 saturated heterocycles. The van der Waals surface area contributed by atoms with Gasteiger partial charge in [0, 0.05) is 29.2 Å². The van der Waals surface area contributed by atoms with E-state index in [1.165, 1.54) is 28.4 Å². The number of nitrogens with zero attached hydrogens (tertiary/aromatic N) is 4. The Labute approximate surface area is 177 Å². The number of rotatable bonds is 4. The molecule has 2 N–H and O–H groups in total. The van der Waals surface area contributed by atoms with E-state index in [9.17, 15) is 0 Å². The molecule has 2 aromatic carbocycles. The van der Waals surface area contributed by atoms with Gasteiger partial charge in [0.15, 0.2) is 0 Å². The van der Waals surface area contributed by atoms with E-state index in [-0.39, 0.29) is 0 Å². The normalized spacial score (nSPS) is 19.3. The molecule has 1 atom stereocenters. The number of likely N-dealkylation sites (tertiary alicyclic amines) is 1. The Balaban J connectivity index is 1.41. The molecule has 30 heavy (non-hydrogen) atoms. The highest BCUT2D eigenvalue weighted by molar-refractivity contribution is 5.95. The number of hydrogen-bond acceptors (Lipinski definition) is 6. The first-order chi connectivity index (χ1) is 14.6. The first kappa shape index (κ1) is 19.1. The van der Waals surface area contributed by atoms with Gasteiger partial charge in [-0.1, -0.05) is 30.3 Å². The molecule has 6 nitrogen and oxygen atoms in total. The number of nitrogen functional groups attached to an aromatic ring is 1. The van der Waals surface area contributed by atoms with Crippen LogP contribution in [0, 0.1) is 6.92 Å². The van der Waals surface area contributed by atoms with Crippen LogP contribution in [0.2, 0.25) is 0 Å². The summed E-state index contributed by atoms with van der Waals surface area (Å²) in [5, 5.41) is 2.54. The number of benzene rings is 2. The second kappa shape index (κ2) is 7.76. The van der Waals surface area contributed by atoms with Crippen LogP contribution >= 0.6 is 0 Å². The Morgan fingerprint density at radius 2 is 2.03 bits per heavy atom. The van der Waals surface area contributed by atoms with Gasteiger partial charge in [-0.15, -0.1) is 0 Å². The summed E-state index contributed by atoms with van der Waals surface area (Å²) in [7, 11) is 2.15. The minimum atomic E-state index is 0.405. The molecule has 0 aliphatic carbocycles. The fraction of sp³-hybridized carbons (Fsp3) is 0.417. The summed E-state index contributed by atoms with van der Waals surface area (Å²) in [5.74, 6) is 0.559. The third kappa shape index (κ3) is 3.56. The van der Waals surface area contributed by atoms with E-state index in [0.717, 1.165) is 43.7 Å². The lowest BCUT2D eigenvalue weighted by Crippen LogP contribution is -2.33. The quantitative estimate of drug-likeness (QED) is 0.719. The highest BCUT2D eigenvalue weighted by Gasteiger charge is 2.25. The largest absolute Gasteiger partial charge is 0.462 e.